The molecule has 0 aliphatic carbocycles. The maximum atomic E-state index is 9.77. The lowest BCUT2D eigenvalue weighted by molar-refractivity contribution is 0.00973. The number of nitrogens with zero attached hydrogens (tertiary/aromatic N) is 2. The maximum absolute atomic E-state index is 9.77. The second kappa shape index (κ2) is 4.59. The predicted octanol–water partition coefficient (Wildman–Crippen LogP) is 2.98. The fourth-order valence-electron chi connectivity index (χ4n) is 1.35. The Labute approximate surface area is 109 Å². The molecule has 0 bridgehead atoms. The van der Waals surface area contributed by atoms with Gasteiger partial charge in [0, 0.05) is 12.1 Å². The molecule has 0 amide bonds. The van der Waals surface area contributed by atoms with Gasteiger partial charge in [0.15, 0.2) is 0 Å². The number of ether oxygens (including phenoxy) is 1. The van der Waals surface area contributed by atoms with Crippen molar-refractivity contribution in [1.29, 1.82) is 0 Å². The van der Waals surface area contributed by atoms with Crippen LogP contribution in [0.3, 0.4) is 0 Å². The average molecular weight is 269 g/mol. The highest BCUT2D eigenvalue weighted by atomic mass is 35.5. The highest BCUT2D eigenvalue weighted by molar-refractivity contribution is 6.30. The van der Waals surface area contributed by atoms with Gasteiger partial charge in [0.25, 0.3) is 5.89 Å². The first-order valence-corrected chi connectivity index (χ1v) is 5.70. The van der Waals surface area contributed by atoms with Crippen molar-refractivity contribution in [2.24, 2.45) is 0 Å². The Balaban J connectivity index is 2.41. The van der Waals surface area contributed by atoms with E-state index in [-0.39, 0.29) is 11.6 Å². The zero-order valence-corrected chi connectivity index (χ0v) is 11.0. The normalized spacial score (nSPS) is 11.8. The molecule has 1 heterocycles. The Bertz CT molecular complexity index is 566. The van der Waals surface area contributed by atoms with Crippen LogP contribution in [0, 0.1) is 0 Å². The molecule has 0 aliphatic rings. The summed E-state index contributed by atoms with van der Waals surface area (Å²) < 4.78 is 10.4. The molecule has 0 unspecified atom stereocenters. The molecule has 18 heavy (non-hydrogen) atoms. The van der Waals surface area contributed by atoms with E-state index in [4.69, 9.17) is 20.9 Å². The highest BCUT2D eigenvalue weighted by Gasteiger charge is 2.27. The molecule has 0 atom stereocenters. The summed E-state index contributed by atoms with van der Waals surface area (Å²) in [6, 6.07) is 4.68. The standard InChI is InChI=1S/C12H13ClN2O3/c1-12(2,17-3)11-14-10(18-15-11)8-5-4-7(13)6-9(8)16/h4-6,16H,1-3H3. The van der Waals surface area contributed by atoms with Gasteiger partial charge in [0.05, 0.1) is 5.56 Å². The Kier molecular flexibility index (Phi) is 3.28. The average Bonchev–Trinajstić information content (AvgIpc) is 2.79. The van der Waals surface area contributed by atoms with Crippen molar-refractivity contribution < 1.29 is 14.4 Å². The van der Waals surface area contributed by atoms with Crippen LogP contribution in [0.15, 0.2) is 22.7 Å². The smallest absolute Gasteiger partial charge is 0.261 e. The lowest BCUT2D eigenvalue weighted by Crippen LogP contribution is -2.21. The second-order valence-corrected chi connectivity index (χ2v) is 4.74. The van der Waals surface area contributed by atoms with Crippen LogP contribution in [0.5, 0.6) is 5.75 Å². The highest BCUT2D eigenvalue weighted by Crippen LogP contribution is 2.31. The minimum atomic E-state index is -0.649. The molecule has 0 fully saturated rings. The number of aromatic hydroxyl groups is 1. The number of hydrogen-bond acceptors (Lipinski definition) is 5. The van der Waals surface area contributed by atoms with Gasteiger partial charge < -0.3 is 14.4 Å². The topological polar surface area (TPSA) is 68.4 Å². The van der Waals surface area contributed by atoms with Crippen molar-refractivity contribution in [3.63, 3.8) is 0 Å². The van der Waals surface area contributed by atoms with Gasteiger partial charge in [-0.2, -0.15) is 4.98 Å². The molecule has 1 aromatic heterocycles. The van der Waals surface area contributed by atoms with Crippen LogP contribution in [-0.2, 0) is 10.3 Å². The monoisotopic (exact) mass is 268 g/mol. The summed E-state index contributed by atoms with van der Waals surface area (Å²) in [7, 11) is 1.57. The number of phenolic OH excluding ortho intramolecular Hbond substituents is 1. The van der Waals surface area contributed by atoms with Crippen molar-refractivity contribution in [2.45, 2.75) is 19.4 Å². The van der Waals surface area contributed by atoms with E-state index in [1.165, 1.54) is 6.07 Å². The van der Waals surface area contributed by atoms with E-state index in [1.807, 2.05) is 13.8 Å². The molecule has 0 saturated carbocycles. The zero-order chi connectivity index (χ0) is 13.3. The van der Waals surface area contributed by atoms with Crippen molar-refractivity contribution in [2.75, 3.05) is 7.11 Å². The first kappa shape index (κ1) is 12.9. The summed E-state index contributed by atoms with van der Waals surface area (Å²) in [5.74, 6) is 0.631. The third-order valence-electron chi connectivity index (χ3n) is 2.67. The van der Waals surface area contributed by atoms with Gasteiger partial charge in [-0.15, -0.1) is 0 Å². The third-order valence-corrected chi connectivity index (χ3v) is 2.90. The Morgan fingerprint density at radius 3 is 2.72 bits per heavy atom. The summed E-state index contributed by atoms with van der Waals surface area (Å²) >= 11 is 5.76. The fourth-order valence-corrected chi connectivity index (χ4v) is 1.52. The van der Waals surface area contributed by atoms with Crippen LogP contribution in [-0.4, -0.2) is 22.4 Å². The first-order valence-electron chi connectivity index (χ1n) is 5.32. The van der Waals surface area contributed by atoms with Crippen LogP contribution in [0.4, 0.5) is 0 Å². The van der Waals surface area contributed by atoms with Gasteiger partial charge in [-0.05, 0) is 32.0 Å². The lowest BCUT2D eigenvalue weighted by Gasteiger charge is -2.17. The molecule has 6 heteroatoms. The van der Waals surface area contributed by atoms with Crippen LogP contribution in [0.1, 0.15) is 19.7 Å². The predicted molar refractivity (Wildman–Crippen MR) is 66.4 cm³/mol. The molecule has 1 aromatic carbocycles. The van der Waals surface area contributed by atoms with Crippen molar-refractivity contribution in [1.82, 2.24) is 10.1 Å². The van der Waals surface area contributed by atoms with Crippen molar-refractivity contribution in [3.05, 3.63) is 29.0 Å². The molecule has 96 valence electrons. The second-order valence-electron chi connectivity index (χ2n) is 4.30. The summed E-state index contributed by atoms with van der Waals surface area (Å²) in [5.41, 5.74) is -0.214. The van der Waals surface area contributed by atoms with Crippen molar-refractivity contribution >= 4 is 11.6 Å². The Morgan fingerprint density at radius 1 is 1.39 bits per heavy atom. The van der Waals surface area contributed by atoms with Gasteiger partial charge in [-0.3, -0.25) is 0 Å². The molecule has 0 aliphatic heterocycles. The largest absolute Gasteiger partial charge is 0.507 e. The van der Waals surface area contributed by atoms with Gasteiger partial charge in [-0.25, -0.2) is 0 Å². The molecule has 2 aromatic rings. The molecule has 2 rings (SSSR count). The number of benzene rings is 1. The molecular weight excluding hydrogens is 256 g/mol. The number of rotatable bonds is 3. The number of hydrogen-bond donors (Lipinski definition) is 1. The number of methoxy groups -OCH3 is 1. The summed E-state index contributed by atoms with van der Waals surface area (Å²) in [6.45, 7) is 3.65. The van der Waals surface area contributed by atoms with E-state index in [9.17, 15) is 5.11 Å². The van der Waals surface area contributed by atoms with Gasteiger partial charge in [-0.1, -0.05) is 16.8 Å². The van der Waals surface area contributed by atoms with Crippen LogP contribution >= 0.6 is 11.6 Å². The van der Waals surface area contributed by atoms with Crippen LogP contribution < -0.4 is 0 Å². The van der Waals surface area contributed by atoms with E-state index >= 15 is 0 Å². The summed E-state index contributed by atoms with van der Waals surface area (Å²) in [4.78, 5) is 4.21. The van der Waals surface area contributed by atoms with Gasteiger partial charge in [0.2, 0.25) is 5.82 Å². The van der Waals surface area contributed by atoms with Gasteiger partial charge >= 0.3 is 0 Å². The molecule has 0 saturated heterocycles. The Morgan fingerprint density at radius 2 is 2.11 bits per heavy atom. The minimum absolute atomic E-state index is 0.00655. The lowest BCUT2D eigenvalue weighted by atomic mass is 10.1. The summed E-state index contributed by atoms with van der Waals surface area (Å²) in [6.07, 6.45) is 0. The number of halogens is 1. The zero-order valence-electron chi connectivity index (χ0n) is 10.3. The third kappa shape index (κ3) is 2.32. The summed E-state index contributed by atoms with van der Waals surface area (Å²) in [5, 5.41) is 14.1. The van der Waals surface area contributed by atoms with Gasteiger partial charge in [0.1, 0.15) is 11.4 Å². The molecule has 0 radical (unpaired) electrons. The van der Waals surface area contributed by atoms with E-state index in [0.29, 0.717) is 16.4 Å². The first-order chi connectivity index (χ1) is 8.44. The molecule has 5 nitrogen and oxygen atoms in total. The minimum Gasteiger partial charge on any atom is -0.507 e. The van der Waals surface area contributed by atoms with E-state index in [1.54, 1.807) is 19.2 Å². The fraction of sp³-hybridized carbons (Fsp3) is 0.333. The maximum Gasteiger partial charge on any atom is 0.261 e. The molecule has 0 spiro atoms. The van der Waals surface area contributed by atoms with E-state index in [2.05, 4.69) is 10.1 Å². The van der Waals surface area contributed by atoms with E-state index in [0.717, 1.165) is 0 Å². The quantitative estimate of drug-likeness (QED) is 0.927. The Hall–Kier alpha value is -1.59. The van der Waals surface area contributed by atoms with E-state index < -0.39 is 5.60 Å². The van der Waals surface area contributed by atoms with Crippen molar-refractivity contribution in [3.8, 4) is 17.2 Å². The number of phenols is 1. The van der Waals surface area contributed by atoms with Crippen LogP contribution in [0.2, 0.25) is 5.02 Å². The SMILES string of the molecule is COC(C)(C)c1noc(-c2ccc(Cl)cc2O)n1. The number of aromatic nitrogens is 2. The molecular formula is C12H13ClN2O3. The molecule has 1 N–H and O–H groups in total. The van der Waals surface area contributed by atoms with Crippen LogP contribution in [0.25, 0.3) is 11.5 Å².